The van der Waals surface area contributed by atoms with Crippen molar-refractivity contribution in [2.24, 2.45) is 0 Å². The van der Waals surface area contributed by atoms with E-state index in [4.69, 9.17) is 4.74 Å². The molecule has 1 rings (SSSR count). The van der Waals surface area contributed by atoms with Crippen LogP contribution in [0, 0.1) is 0 Å². The molecule has 1 atom stereocenters. The Bertz CT molecular complexity index is 337. The third-order valence-corrected chi connectivity index (χ3v) is 3.14. The molecule has 100 valence electrons. The van der Waals surface area contributed by atoms with Crippen LogP contribution < -0.4 is 4.74 Å². The minimum atomic E-state index is 0.632. The highest BCUT2D eigenvalue weighted by atomic mass is 16.5. The molecule has 0 aliphatic rings. The van der Waals surface area contributed by atoms with Gasteiger partial charge in [0.25, 0.3) is 0 Å². The maximum atomic E-state index is 5.61. The van der Waals surface area contributed by atoms with Gasteiger partial charge >= 0.3 is 0 Å². The molecule has 0 amide bonds. The highest BCUT2D eigenvalue weighted by molar-refractivity contribution is 5.29. The van der Waals surface area contributed by atoms with Crippen molar-refractivity contribution in [2.45, 2.75) is 52.4 Å². The van der Waals surface area contributed by atoms with E-state index in [1.165, 1.54) is 12.0 Å². The predicted octanol–water partition coefficient (Wildman–Crippen LogP) is 5.33. The first-order chi connectivity index (χ1) is 8.81. The highest BCUT2D eigenvalue weighted by Gasteiger charge is 2.07. The summed E-state index contributed by atoms with van der Waals surface area (Å²) in [6.07, 6.45) is 9.06. The fourth-order valence-corrected chi connectivity index (χ4v) is 2.02. The first kappa shape index (κ1) is 14.8. The Morgan fingerprint density at radius 2 is 1.78 bits per heavy atom. The van der Waals surface area contributed by atoms with Crippen LogP contribution in [-0.4, -0.2) is 6.61 Å². The Balaban J connectivity index is 2.60. The molecule has 1 unspecified atom stereocenters. The van der Waals surface area contributed by atoms with Crippen LogP contribution >= 0.6 is 0 Å². The Hall–Kier alpha value is -1.24. The first-order valence-electron chi connectivity index (χ1n) is 7.19. The van der Waals surface area contributed by atoms with Gasteiger partial charge in [0.05, 0.1) is 6.61 Å². The van der Waals surface area contributed by atoms with Gasteiger partial charge in [0.2, 0.25) is 0 Å². The van der Waals surface area contributed by atoms with Crippen LogP contribution in [0.1, 0.15) is 57.9 Å². The van der Waals surface area contributed by atoms with Crippen LogP contribution in [-0.2, 0) is 0 Å². The van der Waals surface area contributed by atoms with E-state index in [2.05, 4.69) is 57.2 Å². The van der Waals surface area contributed by atoms with Gasteiger partial charge in [0.15, 0.2) is 0 Å². The van der Waals surface area contributed by atoms with Gasteiger partial charge in [-0.25, -0.2) is 0 Å². The van der Waals surface area contributed by atoms with Crippen LogP contribution in [0.4, 0.5) is 0 Å². The predicted molar refractivity (Wildman–Crippen MR) is 79.3 cm³/mol. The van der Waals surface area contributed by atoms with Gasteiger partial charge in [-0.2, -0.15) is 0 Å². The lowest BCUT2D eigenvalue weighted by molar-refractivity contribution is 0.317. The van der Waals surface area contributed by atoms with Crippen LogP contribution in [0.5, 0.6) is 5.75 Å². The van der Waals surface area contributed by atoms with Crippen molar-refractivity contribution >= 4 is 0 Å². The number of allylic oxidation sites excluding steroid dienone is 2. The van der Waals surface area contributed by atoms with E-state index in [1.807, 2.05) is 0 Å². The van der Waals surface area contributed by atoms with Gasteiger partial charge in [-0.3, -0.25) is 0 Å². The largest absolute Gasteiger partial charge is 0.494 e. The molecule has 1 aromatic carbocycles. The maximum absolute atomic E-state index is 5.61. The Labute approximate surface area is 112 Å². The molecular formula is C17H26O. The summed E-state index contributed by atoms with van der Waals surface area (Å²) in [6.45, 7) is 7.36. The van der Waals surface area contributed by atoms with Gasteiger partial charge < -0.3 is 4.74 Å². The average molecular weight is 246 g/mol. The zero-order valence-corrected chi connectivity index (χ0v) is 12.0. The normalized spacial score (nSPS) is 12.8. The molecule has 0 fully saturated rings. The Kier molecular flexibility index (Phi) is 7.24. The summed E-state index contributed by atoms with van der Waals surface area (Å²) in [5.74, 6) is 1.62. The van der Waals surface area contributed by atoms with Crippen molar-refractivity contribution in [1.29, 1.82) is 0 Å². The molecule has 0 aliphatic heterocycles. The lowest BCUT2D eigenvalue weighted by atomic mass is 9.93. The third kappa shape index (κ3) is 4.95. The van der Waals surface area contributed by atoms with Crippen LogP contribution in [0.25, 0.3) is 0 Å². The van der Waals surface area contributed by atoms with Crippen molar-refractivity contribution in [3.8, 4) is 5.75 Å². The summed E-state index contributed by atoms with van der Waals surface area (Å²) in [6, 6.07) is 8.60. The number of rotatable bonds is 8. The number of hydrogen-bond donors (Lipinski definition) is 0. The number of hydrogen-bond acceptors (Lipinski definition) is 1. The topological polar surface area (TPSA) is 9.23 Å². The van der Waals surface area contributed by atoms with Crippen molar-refractivity contribution in [2.75, 3.05) is 6.61 Å². The molecule has 0 heterocycles. The second kappa shape index (κ2) is 8.79. The van der Waals surface area contributed by atoms with E-state index in [0.717, 1.165) is 31.6 Å². The minimum Gasteiger partial charge on any atom is -0.494 e. The molecule has 0 saturated carbocycles. The molecule has 1 aromatic rings. The Morgan fingerprint density at radius 1 is 1.06 bits per heavy atom. The van der Waals surface area contributed by atoms with Gasteiger partial charge in [-0.15, -0.1) is 0 Å². The summed E-state index contributed by atoms with van der Waals surface area (Å²) in [4.78, 5) is 0. The van der Waals surface area contributed by atoms with E-state index in [9.17, 15) is 0 Å². The fourth-order valence-electron chi connectivity index (χ4n) is 2.02. The first-order valence-corrected chi connectivity index (χ1v) is 7.19. The van der Waals surface area contributed by atoms with Crippen molar-refractivity contribution in [3.05, 3.63) is 42.0 Å². The lowest BCUT2D eigenvalue weighted by Crippen LogP contribution is -1.98. The molecule has 0 spiro atoms. The average Bonchev–Trinajstić information content (AvgIpc) is 2.42. The molecule has 1 nitrogen and oxygen atoms in total. The van der Waals surface area contributed by atoms with Crippen molar-refractivity contribution in [3.63, 3.8) is 0 Å². The summed E-state index contributed by atoms with van der Waals surface area (Å²) in [5, 5.41) is 0. The van der Waals surface area contributed by atoms with Crippen LogP contribution in [0.2, 0.25) is 0 Å². The zero-order valence-electron chi connectivity index (χ0n) is 12.0. The van der Waals surface area contributed by atoms with Gasteiger partial charge in [-0.1, -0.05) is 45.1 Å². The minimum absolute atomic E-state index is 0.632. The SMILES string of the molecule is CC/C=C\CC(CC)c1ccc(OCCC)cc1. The second-order valence-corrected chi connectivity index (χ2v) is 4.64. The molecule has 1 heteroatoms. The number of ether oxygens (including phenoxy) is 1. The second-order valence-electron chi connectivity index (χ2n) is 4.64. The quantitative estimate of drug-likeness (QED) is 0.564. The molecule has 18 heavy (non-hydrogen) atoms. The van der Waals surface area contributed by atoms with E-state index >= 15 is 0 Å². The molecular weight excluding hydrogens is 220 g/mol. The summed E-state index contributed by atoms with van der Waals surface area (Å²) in [5.41, 5.74) is 1.42. The number of benzene rings is 1. The van der Waals surface area contributed by atoms with Crippen molar-refractivity contribution < 1.29 is 4.74 Å². The monoisotopic (exact) mass is 246 g/mol. The fraction of sp³-hybridized carbons (Fsp3) is 0.529. The van der Waals surface area contributed by atoms with E-state index in [0.29, 0.717) is 5.92 Å². The van der Waals surface area contributed by atoms with E-state index in [-0.39, 0.29) is 0 Å². The summed E-state index contributed by atoms with van der Waals surface area (Å²) in [7, 11) is 0. The van der Waals surface area contributed by atoms with Gasteiger partial charge in [0.1, 0.15) is 5.75 Å². The molecule has 0 bridgehead atoms. The maximum Gasteiger partial charge on any atom is 0.119 e. The van der Waals surface area contributed by atoms with E-state index < -0.39 is 0 Å². The molecule has 0 saturated heterocycles. The zero-order chi connectivity index (χ0) is 13.2. The van der Waals surface area contributed by atoms with Crippen LogP contribution in [0.3, 0.4) is 0 Å². The smallest absolute Gasteiger partial charge is 0.119 e. The molecule has 0 aliphatic carbocycles. The highest BCUT2D eigenvalue weighted by Crippen LogP contribution is 2.25. The van der Waals surface area contributed by atoms with Crippen LogP contribution in [0.15, 0.2) is 36.4 Å². The Morgan fingerprint density at radius 3 is 2.33 bits per heavy atom. The lowest BCUT2D eigenvalue weighted by Gasteiger charge is -2.14. The standard InChI is InChI=1S/C17H26O/c1-4-7-8-9-15(6-3)16-10-12-17(13-11-16)18-14-5-2/h7-8,10-13,15H,4-6,9,14H2,1-3H3/b8-7-. The van der Waals surface area contributed by atoms with Gasteiger partial charge in [0, 0.05) is 0 Å². The summed E-state index contributed by atoms with van der Waals surface area (Å²) >= 11 is 0. The van der Waals surface area contributed by atoms with Gasteiger partial charge in [-0.05, 0) is 49.3 Å². The van der Waals surface area contributed by atoms with Crippen molar-refractivity contribution in [1.82, 2.24) is 0 Å². The molecule has 0 N–H and O–H groups in total. The molecule has 0 radical (unpaired) electrons. The van der Waals surface area contributed by atoms with E-state index in [1.54, 1.807) is 0 Å². The third-order valence-electron chi connectivity index (χ3n) is 3.14. The summed E-state index contributed by atoms with van der Waals surface area (Å²) < 4.78 is 5.61. The molecule has 0 aromatic heterocycles.